The van der Waals surface area contributed by atoms with Crippen LogP contribution in [0.3, 0.4) is 0 Å². The van der Waals surface area contributed by atoms with Gasteiger partial charge in [0.15, 0.2) is 5.82 Å². The van der Waals surface area contributed by atoms with E-state index in [0.717, 1.165) is 72.9 Å². The molecule has 186 valence electrons. The Bertz CT molecular complexity index is 1150. The van der Waals surface area contributed by atoms with Gasteiger partial charge in [-0.25, -0.2) is 4.57 Å². The Labute approximate surface area is 213 Å². The smallest absolute Gasteiger partial charge is 0.321 e. The van der Waals surface area contributed by atoms with Gasteiger partial charge in [-0.3, -0.25) is 4.99 Å². The van der Waals surface area contributed by atoms with Crippen molar-refractivity contribution in [3.63, 3.8) is 0 Å². The minimum Gasteiger partial charge on any atom is -0.463 e. The minimum absolute atomic E-state index is 0.460. The third-order valence-corrected chi connectivity index (χ3v) is 7.12. The van der Waals surface area contributed by atoms with Gasteiger partial charge >= 0.3 is 6.01 Å². The number of aliphatic imine (C=N–C) groups is 1. The van der Waals surface area contributed by atoms with Crippen LogP contribution in [0.2, 0.25) is 0 Å². The summed E-state index contributed by atoms with van der Waals surface area (Å²) >= 11 is 1.89. The molecule has 4 rings (SSSR count). The number of hydrogen-bond acceptors (Lipinski definition) is 6. The SMILES string of the molecule is CCCOc1nnc2n1-c1cc(N(CCC)CCC)ccc1C(c1cccc(SCCC)c1)=NC2. The van der Waals surface area contributed by atoms with Gasteiger partial charge in [-0.2, -0.15) is 0 Å². The lowest BCUT2D eigenvalue weighted by Crippen LogP contribution is -2.25. The number of ether oxygens (including phenoxy) is 1. The predicted octanol–water partition coefficient (Wildman–Crippen LogP) is 6.54. The normalized spacial score (nSPS) is 12.5. The first-order valence-electron chi connectivity index (χ1n) is 12.9. The molecule has 2 heterocycles. The quantitative estimate of drug-likeness (QED) is 0.269. The lowest BCUT2D eigenvalue weighted by molar-refractivity contribution is 0.286. The Morgan fingerprint density at radius 2 is 1.77 bits per heavy atom. The minimum atomic E-state index is 0.460. The van der Waals surface area contributed by atoms with E-state index in [1.165, 1.54) is 10.6 Å². The first kappa shape index (κ1) is 25.3. The molecular weight excluding hydrogens is 454 g/mol. The van der Waals surface area contributed by atoms with E-state index >= 15 is 0 Å². The number of anilines is 1. The Kier molecular flexibility index (Phi) is 8.85. The first-order chi connectivity index (χ1) is 17.2. The van der Waals surface area contributed by atoms with Crippen molar-refractivity contribution >= 4 is 23.2 Å². The molecule has 0 unspecified atom stereocenters. The fourth-order valence-corrected chi connectivity index (χ4v) is 5.20. The summed E-state index contributed by atoms with van der Waals surface area (Å²) in [5.41, 5.74) is 5.46. The van der Waals surface area contributed by atoms with Gasteiger partial charge in [0, 0.05) is 34.8 Å². The summed E-state index contributed by atoms with van der Waals surface area (Å²) in [5.74, 6) is 1.92. The number of hydrogen-bond donors (Lipinski definition) is 0. The first-order valence-corrected chi connectivity index (χ1v) is 13.9. The van der Waals surface area contributed by atoms with Crippen molar-refractivity contribution in [1.29, 1.82) is 0 Å². The van der Waals surface area contributed by atoms with Gasteiger partial charge in [-0.05, 0) is 61.8 Å². The Morgan fingerprint density at radius 1 is 0.943 bits per heavy atom. The molecule has 0 bridgehead atoms. The summed E-state index contributed by atoms with van der Waals surface area (Å²) in [7, 11) is 0. The molecule has 1 aliphatic rings. The fourth-order valence-electron chi connectivity index (χ4n) is 4.38. The van der Waals surface area contributed by atoms with Crippen LogP contribution in [0.1, 0.15) is 70.3 Å². The van der Waals surface area contributed by atoms with E-state index in [9.17, 15) is 0 Å². The van der Waals surface area contributed by atoms with E-state index in [1.54, 1.807) is 0 Å². The van der Waals surface area contributed by atoms with Crippen molar-refractivity contribution in [3.8, 4) is 11.7 Å². The molecule has 1 aliphatic heterocycles. The summed E-state index contributed by atoms with van der Waals surface area (Å²) in [5, 5.41) is 8.84. The maximum Gasteiger partial charge on any atom is 0.321 e. The monoisotopic (exact) mass is 491 g/mol. The van der Waals surface area contributed by atoms with Crippen LogP contribution in [-0.4, -0.2) is 45.9 Å². The zero-order valence-electron chi connectivity index (χ0n) is 21.5. The lowest BCUT2D eigenvalue weighted by Gasteiger charge is -2.25. The highest BCUT2D eigenvalue weighted by molar-refractivity contribution is 7.99. The van der Waals surface area contributed by atoms with Gasteiger partial charge in [0.2, 0.25) is 0 Å². The van der Waals surface area contributed by atoms with Crippen molar-refractivity contribution in [2.45, 2.75) is 64.8 Å². The zero-order chi connectivity index (χ0) is 24.6. The molecular formula is C28H37N5OS. The number of benzene rings is 2. The second-order valence-corrected chi connectivity index (χ2v) is 9.98. The Morgan fingerprint density at radius 3 is 2.51 bits per heavy atom. The average molecular weight is 492 g/mol. The number of thioether (sulfide) groups is 1. The van der Waals surface area contributed by atoms with Crippen LogP contribution >= 0.6 is 11.8 Å². The van der Waals surface area contributed by atoms with Crippen LogP contribution in [0.15, 0.2) is 52.4 Å². The molecule has 0 spiro atoms. The highest BCUT2D eigenvalue weighted by Crippen LogP contribution is 2.32. The molecule has 0 saturated carbocycles. The third kappa shape index (κ3) is 5.72. The van der Waals surface area contributed by atoms with Gasteiger partial charge in [-0.15, -0.1) is 16.9 Å². The lowest BCUT2D eigenvalue weighted by atomic mass is 9.99. The van der Waals surface area contributed by atoms with E-state index in [0.29, 0.717) is 19.2 Å². The summed E-state index contributed by atoms with van der Waals surface area (Å²) in [6, 6.07) is 16.0. The van der Waals surface area contributed by atoms with Gasteiger partial charge in [0.1, 0.15) is 6.54 Å². The maximum absolute atomic E-state index is 6.03. The highest BCUT2D eigenvalue weighted by Gasteiger charge is 2.25. The van der Waals surface area contributed by atoms with Gasteiger partial charge in [0.25, 0.3) is 0 Å². The van der Waals surface area contributed by atoms with E-state index in [4.69, 9.17) is 9.73 Å². The molecule has 0 amide bonds. The zero-order valence-corrected chi connectivity index (χ0v) is 22.3. The van der Waals surface area contributed by atoms with Crippen LogP contribution in [0, 0.1) is 0 Å². The Hall–Kier alpha value is -2.80. The summed E-state index contributed by atoms with van der Waals surface area (Å²) in [6.45, 7) is 11.9. The molecule has 0 fully saturated rings. The largest absolute Gasteiger partial charge is 0.463 e. The summed E-state index contributed by atoms with van der Waals surface area (Å²) in [6.07, 6.45) is 4.28. The molecule has 0 radical (unpaired) electrons. The van der Waals surface area contributed by atoms with Gasteiger partial charge < -0.3 is 9.64 Å². The number of rotatable bonds is 12. The highest BCUT2D eigenvalue weighted by atomic mass is 32.2. The van der Waals surface area contributed by atoms with E-state index in [2.05, 4.69) is 89.8 Å². The summed E-state index contributed by atoms with van der Waals surface area (Å²) < 4.78 is 8.09. The molecule has 0 saturated heterocycles. The number of aromatic nitrogens is 3. The van der Waals surface area contributed by atoms with Crippen LogP contribution in [0.4, 0.5) is 5.69 Å². The molecule has 35 heavy (non-hydrogen) atoms. The van der Waals surface area contributed by atoms with Gasteiger partial charge in [0.05, 0.1) is 18.0 Å². The van der Waals surface area contributed by atoms with Crippen molar-refractivity contribution < 1.29 is 4.74 Å². The second kappa shape index (κ2) is 12.2. The molecule has 0 aliphatic carbocycles. The molecule has 2 aromatic carbocycles. The summed E-state index contributed by atoms with van der Waals surface area (Å²) in [4.78, 5) is 8.79. The number of fused-ring (bicyclic) bond motifs is 3. The maximum atomic E-state index is 6.03. The second-order valence-electron chi connectivity index (χ2n) is 8.81. The standard InChI is InChI=1S/C28H37N5OS/c1-5-14-32(15-6-2)22-12-13-24-25(19-22)33-26(30-31-28(33)34-16-7-3)20-29-27(24)21-10-9-11-23(18-21)35-17-8-4/h9-13,18-19H,5-8,14-17,20H2,1-4H3. The number of nitrogens with zero attached hydrogens (tertiary/aromatic N) is 5. The van der Waals surface area contributed by atoms with E-state index < -0.39 is 0 Å². The Balaban J connectivity index is 1.84. The van der Waals surface area contributed by atoms with E-state index in [-0.39, 0.29) is 0 Å². The topological polar surface area (TPSA) is 55.5 Å². The fraction of sp³-hybridized carbons (Fsp3) is 0.464. The average Bonchev–Trinajstić information content (AvgIpc) is 3.21. The molecule has 0 atom stereocenters. The third-order valence-electron chi connectivity index (χ3n) is 5.92. The molecule has 6 nitrogen and oxygen atoms in total. The van der Waals surface area contributed by atoms with Crippen LogP contribution in [0.5, 0.6) is 6.01 Å². The van der Waals surface area contributed by atoms with Crippen LogP contribution < -0.4 is 9.64 Å². The van der Waals surface area contributed by atoms with Crippen molar-refractivity contribution in [2.24, 2.45) is 4.99 Å². The predicted molar refractivity (Wildman–Crippen MR) is 147 cm³/mol. The molecule has 1 aromatic heterocycles. The van der Waals surface area contributed by atoms with Crippen molar-refractivity contribution in [2.75, 3.05) is 30.3 Å². The molecule has 3 aromatic rings. The molecule has 0 N–H and O–H groups in total. The van der Waals surface area contributed by atoms with Gasteiger partial charge in [-0.1, -0.05) is 44.9 Å². The van der Waals surface area contributed by atoms with Crippen molar-refractivity contribution in [1.82, 2.24) is 14.8 Å². The van der Waals surface area contributed by atoms with E-state index in [1.807, 2.05) is 11.8 Å². The molecule has 7 heteroatoms. The van der Waals surface area contributed by atoms with Crippen molar-refractivity contribution in [3.05, 3.63) is 59.4 Å². The van der Waals surface area contributed by atoms with Crippen LogP contribution in [-0.2, 0) is 6.54 Å². The van der Waals surface area contributed by atoms with Crippen LogP contribution in [0.25, 0.3) is 5.69 Å².